The average Bonchev–Trinajstić information content (AvgIpc) is 2.70. The molecule has 1 atom stereocenters. The third kappa shape index (κ3) is 6.23. The molecule has 2 aromatic rings. The maximum Gasteiger partial charge on any atom is 0.337 e. The molecule has 0 saturated carbocycles. The zero-order valence-corrected chi connectivity index (χ0v) is 16.3. The minimum Gasteiger partial charge on any atom is -0.465 e. The van der Waals surface area contributed by atoms with Gasteiger partial charge in [0.2, 0.25) is 5.91 Å². The minimum absolute atomic E-state index is 0.0536. The molecule has 6 heteroatoms. The van der Waals surface area contributed by atoms with Crippen molar-refractivity contribution in [3.8, 4) is 0 Å². The number of nitrogens with one attached hydrogen (secondary N) is 1. The molecule has 0 spiro atoms. The van der Waals surface area contributed by atoms with E-state index in [1.54, 1.807) is 24.3 Å². The highest BCUT2D eigenvalue weighted by Crippen LogP contribution is 2.10. The number of methoxy groups -OCH3 is 1. The first kappa shape index (κ1) is 21.2. The summed E-state index contributed by atoms with van der Waals surface area (Å²) in [7, 11) is 1.32. The summed E-state index contributed by atoms with van der Waals surface area (Å²) in [5, 5.41) is 2.76. The molecule has 0 radical (unpaired) electrons. The molecule has 2 aromatic carbocycles. The van der Waals surface area contributed by atoms with Crippen molar-refractivity contribution in [1.82, 2.24) is 5.32 Å². The van der Waals surface area contributed by atoms with Crippen LogP contribution in [-0.2, 0) is 32.1 Å². The van der Waals surface area contributed by atoms with Gasteiger partial charge in [-0.3, -0.25) is 4.79 Å². The predicted molar refractivity (Wildman–Crippen MR) is 104 cm³/mol. The maximum atomic E-state index is 12.5. The summed E-state index contributed by atoms with van der Waals surface area (Å²) in [4.78, 5) is 36.2. The standard InChI is InChI=1S/C22H25NO5/c1-15(2)20(23-19(24)13-16-7-5-4-6-8-16)22(26)28-14-17-9-11-18(12-10-17)21(25)27-3/h4-12,15,20H,13-14H2,1-3H3,(H,23,24)/t20-/m1/s1. The topological polar surface area (TPSA) is 81.7 Å². The zero-order chi connectivity index (χ0) is 20.5. The predicted octanol–water partition coefficient (Wildman–Crippen LogP) is 2.90. The first-order chi connectivity index (χ1) is 13.4. The lowest BCUT2D eigenvalue weighted by molar-refractivity contribution is -0.150. The van der Waals surface area contributed by atoms with E-state index in [0.29, 0.717) is 5.56 Å². The van der Waals surface area contributed by atoms with E-state index in [2.05, 4.69) is 10.1 Å². The monoisotopic (exact) mass is 383 g/mol. The third-order valence-corrected chi connectivity index (χ3v) is 4.20. The van der Waals surface area contributed by atoms with Crippen molar-refractivity contribution in [3.05, 3.63) is 71.3 Å². The number of hydrogen-bond donors (Lipinski definition) is 1. The SMILES string of the molecule is COC(=O)c1ccc(COC(=O)[C@H](NC(=O)Cc2ccccc2)C(C)C)cc1. The molecule has 1 N–H and O–H groups in total. The fourth-order valence-electron chi connectivity index (χ4n) is 2.60. The smallest absolute Gasteiger partial charge is 0.337 e. The number of carbonyl (C=O) groups excluding carboxylic acids is 3. The average molecular weight is 383 g/mol. The first-order valence-corrected chi connectivity index (χ1v) is 9.08. The van der Waals surface area contributed by atoms with Crippen LogP contribution in [0.4, 0.5) is 0 Å². The van der Waals surface area contributed by atoms with Crippen LogP contribution in [0.3, 0.4) is 0 Å². The summed E-state index contributed by atoms with van der Waals surface area (Å²) in [6.07, 6.45) is 0.201. The quantitative estimate of drug-likeness (QED) is 0.709. The highest BCUT2D eigenvalue weighted by atomic mass is 16.5. The van der Waals surface area contributed by atoms with E-state index < -0.39 is 18.0 Å². The van der Waals surface area contributed by atoms with Crippen LogP contribution in [-0.4, -0.2) is 31.0 Å². The molecule has 0 unspecified atom stereocenters. The molecule has 1 amide bonds. The van der Waals surface area contributed by atoms with Crippen LogP contribution in [0, 0.1) is 5.92 Å². The second-order valence-corrected chi connectivity index (χ2v) is 6.75. The van der Waals surface area contributed by atoms with Gasteiger partial charge in [0.15, 0.2) is 0 Å². The third-order valence-electron chi connectivity index (χ3n) is 4.20. The van der Waals surface area contributed by atoms with Gasteiger partial charge in [0.05, 0.1) is 19.1 Å². The summed E-state index contributed by atoms with van der Waals surface area (Å²) in [5.74, 6) is -1.27. The Labute approximate surface area is 164 Å². The lowest BCUT2D eigenvalue weighted by Crippen LogP contribution is -2.45. The molecule has 0 aliphatic heterocycles. The van der Waals surface area contributed by atoms with Crippen LogP contribution in [0.15, 0.2) is 54.6 Å². The number of ether oxygens (including phenoxy) is 2. The Morgan fingerprint density at radius 1 is 0.929 bits per heavy atom. The van der Waals surface area contributed by atoms with Gasteiger partial charge >= 0.3 is 11.9 Å². The molecule has 0 aliphatic rings. The van der Waals surface area contributed by atoms with E-state index in [9.17, 15) is 14.4 Å². The van der Waals surface area contributed by atoms with Gasteiger partial charge in [-0.2, -0.15) is 0 Å². The Balaban J connectivity index is 1.91. The lowest BCUT2D eigenvalue weighted by atomic mass is 10.0. The Morgan fingerprint density at radius 3 is 2.14 bits per heavy atom. The normalized spacial score (nSPS) is 11.6. The molecular weight excluding hydrogens is 358 g/mol. The zero-order valence-electron chi connectivity index (χ0n) is 16.3. The largest absolute Gasteiger partial charge is 0.465 e. The highest BCUT2D eigenvalue weighted by molar-refractivity contribution is 5.89. The molecular formula is C22H25NO5. The number of hydrogen-bond acceptors (Lipinski definition) is 5. The van der Waals surface area contributed by atoms with Crippen molar-refractivity contribution in [3.63, 3.8) is 0 Å². The van der Waals surface area contributed by atoms with Crippen molar-refractivity contribution in [2.45, 2.75) is 32.9 Å². The van der Waals surface area contributed by atoms with Crippen LogP contribution in [0.1, 0.15) is 35.3 Å². The summed E-state index contributed by atoms with van der Waals surface area (Å²) in [6, 6.07) is 15.2. The van der Waals surface area contributed by atoms with Crippen LogP contribution in [0.2, 0.25) is 0 Å². The van der Waals surface area contributed by atoms with Gasteiger partial charge < -0.3 is 14.8 Å². The first-order valence-electron chi connectivity index (χ1n) is 9.08. The molecule has 0 aliphatic carbocycles. The van der Waals surface area contributed by atoms with Gasteiger partial charge in [0.1, 0.15) is 12.6 Å². The number of benzene rings is 2. The molecule has 0 aromatic heterocycles. The van der Waals surface area contributed by atoms with Gasteiger partial charge in [-0.1, -0.05) is 56.3 Å². The van der Waals surface area contributed by atoms with Crippen LogP contribution in [0.5, 0.6) is 0 Å². The minimum atomic E-state index is -0.731. The molecule has 148 valence electrons. The Hall–Kier alpha value is -3.15. The molecule has 0 bridgehead atoms. The van der Waals surface area contributed by atoms with Crippen molar-refractivity contribution in [1.29, 1.82) is 0 Å². The summed E-state index contributed by atoms with van der Waals surface area (Å²) in [6.45, 7) is 3.75. The molecule has 2 rings (SSSR count). The van der Waals surface area contributed by atoms with E-state index in [1.165, 1.54) is 7.11 Å². The van der Waals surface area contributed by atoms with Crippen molar-refractivity contribution in [2.75, 3.05) is 7.11 Å². The summed E-state index contributed by atoms with van der Waals surface area (Å²) >= 11 is 0. The van der Waals surface area contributed by atoms with Crippen molar-refractivity contribution < 1.29 is 23.9 Å². The molecule has 28 heavy (non-hydrogen) atoms. The Morgan fingerprint density at radius 2 is 1.57 bits per heavy atom. The van der Waals surface area contributed by atoms with Crippen LogP contribution < -0.4 is 5.32 Å². The highest BCUT2D eigenvalue weighted by Gasteiger charge is 2.25. The number of esters is 2. The fourth-order valence-corrected chi connectivity index (χ4v) is 2.60. The second-order valence-electron chi connectivity index (χ2n) is 6.75. The second kappa shape index (κ2) is 10.3. The van der Waals surface area contributed by atoms with E-state index in [0.717, 1.165) is 11.1 Å². The van der Waals surface area contributed by atoms with Crippen molar-refractivity contribution >= 4 is 17.8 Å². The van der Waals surface area contributed by atoms with Gasteiger partial charge in [-0.05, 0) is 29.2 Å². The van der Waals surface area contributed by atoms with E-state index in [1.807, 2.05) is 44.2 Å². The summed E-state index contributed by atoms with van der Waals surface area (Å²) in [5.41, 5.74) is 2.03. The van der Waals surface area contributed by atoms with Gasteiger partial charge in [0, 0.05) is 0 Å². The summed E-state index contributed by atoms with van der Waals surface area (Å²) < 4.78 is 10.0. The molecule has 0 saturated heterocycles. The fraction of sp³-hybridized carbons (Fsp3) is 0.318. The van der Waals surface area contributed by atoms with Crippen LogP contribution >= 0.6 is 0 Å². The van der Waals surface area contributed by atoms with Crippen LogP contribution in [0.25, 0.3) is 0 Å². The van der Waals surface area contributed by atoms with E-state index in [4.69, 9.17) is 4.74 Å². The van der Waals surface area contributed by atoms with E-state index in [-0.39, 0.29) is 24.9 Å². The molecule has 6 nitrogen and oxygen atoms in total. The van der Waals surface area contributed by atoms with Crippen molar-refractivity contribution in [2.24, 2.45) is 5.92 Å². The number of carbonyl (C=O) groups is 3. The molecule has 0 fully saturated rings. The number of rotatable bonds is 8. The molecule has 0 heterocycles. The maximum absolute atomic E-state index is 12.5. The lowest BCUT2D eigenvalue weighted by Gasteiger charge is -2.21. The van der Waals surface area contributed by atoms with E-state index >= 15 is 0 Å². The number of amides is 1. The van der Waals surface area contributed by atoms with Gasteiger partial charge in [-0.15, -0.1) is 0 Å². The Bertz CT molecular complexity index is 799. The van der Waals surface area contributed by atoms with Gasteiger partial charge in [-0.25, -0.2) is 9.59 Å². The van der Waals surface area contributed by atoms with Gasteiger partial charge in [0.25, 0.3) is 0 Å². The Kier molecular flexibility index (Phi) is 7.75.